The second-order valence-corrected chi connectivity index (χ2v) is 7.55. The zero-order valence-electron chi connectivity index (χ0n) is 16.0. The molecule has 2 fully saturated rings. The quantitative estimate of drug-likeness (QED) is 0.750. The third-order valence-electron chi connectivity index (χ3n) is 5.87. The number of carbonyl (C=O) groups is 1. The normalized spacial score (nSPS) is 24.8. The maximum atomic E-state index is 12.2. The Labute approximate surface area is 148 Å². The number of hydrogen-bond donors (Lipinski definition) is 2. The molecule has 2 N–H and O–H groups in total. The molecule has 0 aromatic carbocycles. The summed E-state index contributed by atoms with van der Waals surface area (Å²) in [5.41, 5.74) is 0. The lowest BCUT2D eigenvalue weighted by Gasteiger charge is -2.40. The van der Waals surface area contributed by atoms with Crippen LogP contribution in [0.2, 0.25) is 0 Å². The Bertz CT molecular complexity index is 366. The maximum Gasteiger partial charge on any atom is 0.315 e. The van der Waals surface area contributed by atoms with Gasteiger partial charge < -0.3 is 10.6 Å². The first-order chi connectivity index (χ1) is 11.6. The van der Waals surface area contributed by atoms with Crippen LogP contribution < -0.4 is 10.6 Å². The molecular formula is C19H38N4O. The van der Waals surface area contributed by atoms with Crippen molar-refractivity contribution >= 4 is 6.03 Å². The Hall–Kier alpha value is -0.810. The molecule has 1 saturated heterocycles. The standard InChI is InChI=1S/C19H38N4O/c1-4-22(5-2)16(3)14-20-19(24)21-17-10-9-13-23(15-17)18-11-7-6-8-12-18/h16-18H,4-15H2,1-3H3,(H2,20,21,24). The summed E-state index contributed by atoms with van der Waals surface area (Å²) in [5.74, 6) is 0. The van der Waals surface area contributed by atoms with Crippen molar-refractivity contribution < 1.29 is 4.79 Å². The summed E-state index contributed by atoms with van der Waals surface area (Å²) in [6.07, 6.45) is 9.17. The highest BCUT2D eigenvalue weighted by atomic mass is 16.2. The Kier molecular flexibility index (Phi) is 8.33. The van der Waals surface area contributed by atoms with Gasteiger partial charge in [-0.3, -0.25) is 9.80 Å². The molecule has 2 amide bonds. The first kappa shape index (κ1) is 19.5. The van der Waals surface area contributed by atoms with Crippen molar-refractivity contribution in [3.8, 4) is 0 Å². The highest BCUT2D eigenvalue weighted by Crippen LogP contribution is 2.25. The number of nitrogens with zero attached hydrogens (tertiary/aromatic N) is 2. The highest BCUT2D eigenvalue weighted by molar-refractivity contribution is 5.74. The van der Waals surface area contributed by atoms with Gasteiger partial charge in [0.15, 0.2) is 0 Å². The molecule has 1 saturated carbocycles. The number of hydrogen-bond acceptors (Lipinski definition) is 3. The molecule has 2 unspecified atom stereocenters. The van der Waals surface area contributed by atoms with Gasteiger partial charge in [-0.15, -0.1) is 0 Å². The summed E-state index contributed by atoms with van der Waals surface area (Å²) in [5, 5.41) is 6.27. The molecular weight excluding hydrogens is 300 g/mol. The third-order valence-corrected chi connectivity index (χ3v) is 5.87. The van der Waals surface area contributed by atoms with E-state index in [4.69, 9.17) is 0 Å². The predicted octanol–water partition coefficient (Wildman–Crippen LogP) is 2.81. The number of nitrogens with one attached hydrogen (secondary N) is 2. The van der Waals surface area contributed by atoms with Crippen LogP contribution in [-0.2, 0) is 0 Å². The zero-order chi connectivity index (χ0) is 17.4. The molecule has 5 nitrogen and oxygen atoms in total. The van der Waals surface area contributed by atoms with Crippen molar-refractivity contribution in [2.45, 2.75) is 83.8 Å². The molecule has 2 atom stereocenters. The number of amides is 2. The van der Waals surface area contributed by atoms with E-state index in [0.717, 1.165) is 32.1 Å². The van der Waals surface area contributed by atoms with E-state index >= 15 is 0 Å². The van der Waals surface area contributed by atoms with Crippen LogP contribution in [0.3, 0.4) is 0 Å². The van der Waals surface area contributed by atoms with Crippen molar-refractivity contribution in [1.82, 2.24) is 20.4 Å². The number of piperidine rings is 1. The van der Waals surface area contributed by atoms with Crippen molar-refractivity contribution in [3.63, 3.8) is 0 Å². The van der Waals surface area contributed by atoms with E-state index in [0.29, 0.717) is 18.6 Å². The van der Waals surface area contributed by atoms with Gasteiger partial charge in [-0.25, -0.2) is 4.79 Å². The van der Waals surface area contributed by atoms with Crippen LogP contribution in [0.1, 0.15) is 65.7 Å². The van der Waals surface area contributed by atoms with Gasteiger partial charge in [0.05, 0.1) is 0 Å². The van der Waals surface area contributed by atoms with Crippen LogP contribution in [-0.4, -0.2) is 66.7 Å². The molecule has 0 radical (unpaired) electrons. The minimum atomic E-state index is 0.00417. The lowest BCUT2D eigenvalue weighted by atomic mass is 9.92. The van der Waals surface area contributed by atoms with Crippen LogP contribution in [0.15, 0.2) is 0 Å². The smallest absolute Gasteiger partial charge is 0.315 e. The maximum absolute atomic E-state index is 12.2. The molecule has 1 aliphatic carbocycles. The van der Waals surface area contributed by atoms with Crippen molar-refractivity contribution in [3.05, 3.63) is 0 Å². The van der Waals surface area contributed by atoms with Gasteiger partial charge in [-0.2, -0.15) is 0 Å². The lowest BCUT2D eigenvalue weighted by Crippen LogP contribution is -2.54. The van der Waals surface area contributed by atoms with Crippen LogP contribution in [0.25, 0.3) is 0 Å². The number of likely N-dealkylation sites (N-methyl/N-ethyl adjacent to an activating group) is 1. The van der Waals surface area contributed by atoms with Gasteiger partial charge >= 0.3 is 6.03 Å². The van der Waals surface area contributed by atoms with Crippen LogP contribution in [0.4, 0.5) is 4.79 Å². The van der Waals surface area contributed by atoms with Crippen LogP contribution in [0, 0.1) is 0 Å². The van der Waals surface area contributed by atoms with Crippen LogP contribution in [0.5, 0.6) is 0 Å². The number of urea groups is 1. The fourth-order valence-electron chi connectivity index (χ4n) is 4.35. The Morgan fingerprint density at radius 1 is 1.12 bits per heavy atom. The van der Waals surface area contributed by atoms with Crippen molar-refractivity contribution in [2.75, 3.05) is 32.7 Å². The second kappa shape index (κ2) is 10.2. The third kappa shape index (κ3) is 5.92. The monoisotopic (exact) mass is 338 g/mol. The predicted molar refractivity (Wildman–Crippen MR) is 100 cm³/mol. The van der Waals surface area contributed by atoms with E-state index in [9.17, 15) is 4.79 Å². The van der Waals surface area contributed by atoms with E-state index < -0.39 is 0 Å². The molecule has 0 bridgehead atoms. The second-order valence-electron chi connectivity index (χ2n) is 7.55. The first-order valence-electron chi connectivity index (χ1n) is 10.2. The Morgan fingerprint density at radius 2 is 1.83 bits per heavy atom. The molecule has 0 aromatic rings. The summed E-state index contributed by atoms with van der Waals surface area (Å²) in [6, 6.07) is 1.46. The summed E-state index contributed by atoms with van der Waals surface area (Å²) < 4.78 is 0. The van der Waals surface area contributed by atoms with E-state index in [2.05, 4.69) is 41.2 Å². The molecule has 2 rings (SSSR count). The molecule has 1 aliphatic heterocycles. The molecule has 0 aromatic heterocycles. The molecule has 24 heavy (non-hydrogen) atoms. The van der Waals surface area contributed by atoms with Gasteiger partial charge in [0.25, 0.3) is 0 Å². The fourth-order valence-corrected chi connectivity index (χ4v) is 4.35. The van der Waals surface area contributed by atoms with Crippen LogP contribution >= 0.6 is 0 Å². The molecule has 140 valence electrons. The molecule has 1 heterocycles. The largest absolute Gasteiger partial charge is 0.337 e. The number of carbonyl (C=O) groups excluding carboxylic acids is 1. The number of likely N-dealkylation sites (tertiary alicyclic amines) is 1. The summed E-state index contributed by atoms with van der Waals surface area (Å²) in [7, 11) is 0. The molecule has 5 heteroatoms. The van der Waals surface area contributed by atoms with E-state index in [-0.39, 0.29) is 6.03 Å². The Morgan fingerprint density at radius 3 is 2.50 bits per heavy atom. The topological polar surface area (TPSA) is 47.6 Å². The SMILES string of the molecule is CCN(CC)C(C)CNC(=O)NC1CCCN(C2CCCCC2)C1. The van der Waals surface area contributed by atoms with Gasteiger partial charge in [0.1, 0.15) is 0 Å². The summed E-state index contributed by atoms with van der Waals surface area (Å²) in [6.45, 7) is 11.5. The van der Waals surface area contributed by atoms with Gasteiger partial charge in [0.2, 0.25) is 0 Å². The average Bonchev–Trinajstić information content (AvgIpc) is 2.62. The van der Waals surface area contributed by atoms with Crippen molar-refractivity contribution in [2.24, 2.45) is 0 Å². The number of rotatable bonds is 7. The highest BCUT2D eigenvalue weighted by Gasteiger charge is 2.27. The lowest BCUT2D eigenvalue weighted by molar-refractivity contribution is 0.112. The van der Waals surface area contributed by atoms with E-state index in [1.165, 1.54) is 45.1 Å². The summed E-state index contributed by atoms with van der Waals surface area (Å²) in [4.78, 5) is 17.2. The average molecular weight is 339 g/mol. The molecule has 2 aliphatic rings. The van der Waals surface area contributed by atoms with Crippen molar-refractivity contribution in [1.29, 1.82) is 0 Å². The zero-order valence-corrected chi connectivity index (χ0v) is 16.0. The van der Waals surface area contributed by atoms with Gasteiger partial charge in [-0.1, -0.05) is 33.1 Å². The van der Waals surface area contributed by atoms with E-state index in [1.54, 1.807) is 0 Å². The van der Waals surface area contributed by atoms with E-state index in [1.807, 2.05) is 0 Å². The minimum absolute atomic E-state index is 0.00417. The first-order valence-corrected chi connectivity index (χ1v) is 10.2. The fraction of sp³-hybridized carbons (Fsp3) is 0.947. The van der Waals surface area contributed by atoms with Gasteiger partial charge in [0, 0.05) is 31.2 Å². The molecule has 0 spiro atoms. The van der Waals surface area contributed by atoms with Gasteiger partial charge in [-0.05, 0) is 52.2 Å². The minimum Gasteiger partial charge on any atom is -0.337 e. The summed E-state index contributed by atoms with van der Waals surface area (Å²) >= 11 is 0. The Balaban J connectivity index is 1.70.